The number of hydrogen-bond acceptors (Lipinski definition) is 2. The fraction of sp³-hybridized carbons (Fsp3) is 0.583. The highest BCUT2D eigenvalue weighted by atomic mass is 16.3. The molecule has 0 aliphatic rings. The summed E-state index contributed by atoms with van der Waals surface area (Å²) in [5.74, 6) is 0.144. The first-order valence-corrected chi connectivity index (χ1v) is 5.55. The Labute approximate surface area is 96.5 Å². The number of carbonyl (C=O) groups is 1. The average molecular weight is 224 g/mol. The molecule has 4 heteroatoms. The molecule has 0 spiro atoms. The largest absolute Gasteiger partial charge is 0.387 e. The second-order valence-corrected chi connectivity index (χ2v) is 4.19. The van der Waals surface area contributed by atoms with Crippen molar-refractivity contribution in [3.05, 3.63) is 24.0 Å². The van der Waals surface area contributed by atoms with E-state index in [4.69, 9.17) is 0 Å². The number of aliphatic hydroxyl groups excluding tert-OH is 1. The molecule has 1 atom stereocenters. The van der Waals surface area contributed by atoms with E-state index >= 15 is 0 Å². The molecule has 1 amide bonds. The van der Waals surface area contributed by atoms with Crippen molar-refractivity contribution >= 4 is 5.91 Å². The maximum atomic E-state index is 11.4. The maximum Gasteiger partial charge on any atom is 0.222 e. The lowest BCUT2D eigenvalue weighted by atomic mass is 10.2. The third-order valence-electron chi connectivity index (χ3n) is 2.58. The second-order valence-electron chi connectivity index (χ2n) is 4.19. The minimum atomic E-state index is -0.459. The van der Waals surface area contributed by atoms with E-state index in [1.54, 1.807) is 25.9 Å². The smallest absolute Gasteiger partial charge is 0.222 e. The number of nitrogens with zero attached hydrogens (tertiary/aromatic N) is 2. The highest BCUT2D eigenvalue weighted by Gasteiger charge is 2.07. The molecule has 16 heavy (non-hydrogen) atoms. The standard InChI is InChI=1S/C12H20N2O2/c1-10(15)11-6-4-8-14(11)9-5-7-12(16)13(2)3/h4,6,8,10,15H,5,7,9H2,1-3H3. The molecule has 1 unspecified atom stereocenters. The zero-order valence-corrected chi connectivity index (χ0v) is 10.2. The molecule has 1 N–H and O–H groups in total. The Morgan fingerprint density at radius 1 is 1.56 bits per heavy atom. The van der Waals surface area contributed by atoms with Crippen molar-refractivity contribution in [2.75, 3.05) is 14.1 Å². The van der Waals surface area contributed by atoms with Crippen LogP contribution in [0, 0.1) is 0 Å². The van der Waals surface area contributed by atoms with Crippen molar-refractivity contribution < 1.29 is 9.90 Å². The molecule has 0 fully saturated rings. The molecule has 4 nitrogen and oxygen atoms in total. The van der Waals surface area contributed by atoms with Crippen molar-refractivity contribution in [1.29, 1.82) is 0 Å². The summed E-state index contributed by atoms with van der Waals surface area (Å²) in [6.45, 7) is 2.52. The lowest BCUT2D eigenvalue weighted by molar-refractivity contribution is -0.128. The summed E-state index contributed by atoms with van der Waals surface area (Å²) < 4.78 is 1.99. The molecule has 1 rings (SSSR count). The first kappa shape index (κ1) is 12.8. The van der Waals surface area contributed by atoms with Gasteiger partial charge in [-0.05, 0) is 25.5 Å². The number of aliphatic hydroxyl groups is 1. The Morgan fingerprint density at radius 3 is 2.81 bits per heavy atom. The van der Waals surface area contributed by atoms with Crippen LogP contribution in [0.1, 0.15) is 31.6 Å². The minimum Gasteiger partial charge on any atom is -0.387 e. The lowest BCUT2D eigenvalue weighted by Crippen LogP contribution is -2.21. The monoisotopic (exact) mass is 224 g/mol. The topological polar surface area (TPSA) is 45.5 Å². The molecule has 0 saturated carbocycles. The Kier molecular flexibility index (Phi) is 4.55. The van der Waals surface area contributed by atoms with Crippen LogP contribution in [0.15, 0.2) is 18.3 Å². The van der Waals surface area contributed by atoms with Crippen LogP contribution >= 0.6 is 0 Å². The van der Waals surface area contributed by atoms with Crippen molar-refractivity contribution in [2.45, 2.75) is 32.4 Å². The first-order chi connectivity index (χ1) is 7.52. The van der Waals surface area contributed by atoms with Gasteiger partial charge in [0.25, 0.3) is 0 Å². The summed E-state index contributed by atoms with van der Waals surface area (Å²) in [4.78, 5) is 13.0. The second kappa shape index (κ2) is 5.70. The number of aromatic nitrogens is 1. The Hall–Kier alpha value is -1.29. The van der Waals surface area contributed by atoms with Crippen LogP contribution in [-0.2, 0) is 11.3 Å². The van der Waals surface area contributed by atoms with Gasteiger partial charge in [-0.25, -0.2) is 0 Å². The SMILES string of the molecule is CC(O)c1cccn1CCCC(=O)N(C)C. The van der Waals surface area contributed by atoms with Crippen molar-refractivity contribution in [1.82, 2.24) is 9.47 Å². The average Bonchev–Trinajstić information content (AvgIpc) is 2.65. The zero-order valence-electron chi connectivity index (χ0n) is 10.2. The molecule has 0 aliphatic carbocycles. The molecule has 0 aromatic carbocycles. The van der Waals surface area contributed by atoms with Crippen LogP contribution < -0.4 is 0 Å². The van der Waals surface area contributed by atoms with Crippen LogP contribution in [0.3, 0.4) is 0 Å². The van der Waals surface area contributed by atoms with Crippen LogP contribution in [0.5, 0.6) is 0 Å². The molecule has 0 aliphatic heterocycles. The van der Waals surface area contributed by atoms with E-state index in [0.717, 1.165) is 18.7 Å². The molecule has 1 heterocycles. The Balaban J connectivity index is 2.43. The van der Waals surface area contributed by atoms with Gasteiger partial charge in [-0.2, -0.15) is 0 Å². The van der Waals surface area contributed by atoms with E-state index in [1.807, 2.05) is 22.9 Å². The zero-order chi connectivity index (χ0) is 12.1. The van der Waals surface area contributed by atoms with Gasteiger partial charge < -0.3 is 14.6 Å². The summed E-state index contributed by atoms with van der Waals surface area (Å²) in [7, 11) is 3.53. The molecule has 0 radical (unpaired) electrons. The molecule has 0 bridgehead atoms. The normalized spacial score (nSPS) is 12.5. The van der Waals surface area contributed by atoms with E-state index in [1.165, 1.54) is 0 Å². The third-order valence-corrected chi connectivity index (χ3v) is 2.58. The fourth-order valence-corrected chi connectivity index (χ4v) is 1.63. The first-order valence-electron chi connectivity index (χ1n) is 5.55. The van der Waals surface area contributed by atoms with Gasteiger partial charge in [-0.15, -0.1) is 0 Å². The fourth-order valence-electron chi connectivity index (χ4n) is 1.63. The predicted octanol–water partition coefficient (Wildman–Crippen LogP) is 1.41. The van der Waals surface area contributed by atoms with Gasteiger partial charge in [0.05, 0.1) is 6.10 Å². The quantitative estimate of drug-likeness (QED) is 0.822. The predicted molar refractivity (Wildman–Crippen MR) is 63.0 cm³/mol. The number of rotatable bonds is 5. The molecular weight excluding hydrogens is 204 g/mol. The van der Waals surface area contributed by atoms with Gasteiger partial charge in [0, 0.05) is 39.0 Å². The van der Waals surface area contributed by atoms with E-state index < -0.39 is 6.10 Å². The lowest BCUT2D eigenvalue weighted by Gasteiger charge is -2.13. The Morgan fingerprint density at radius 2 is 2.25 bits per heavy atom. The summed E-state index contributed by atoms with van der Waals surface area (Å²) in [5.41, 5.74) is 0.900. The van der Waals surface area contributed by atoms with Gasteiger partial charge in [0.15, 0.2) is 0 Å². The molecule has 1 aromatic heterocycles. The summed E-state index contributed by atoms with van der Waals surface area (Å²) in [6.07, 6.45) is 2.82. The van der Waals surface area contributed by atoms with Gasteiger partial charge in [0.2, 0.25) is 5.91 Å². The molecule has 90 valence electrons. The highest BCUT2D eigenvalue weighted by molar-refractivity contribution is 5.75. The van der Waals surface area contributed by atoms with Crippen LogP contribution in [0.4, 0.5) is 0 Å². The molecule has 0 saturated heterocycles. The van der Waals surface area contributed by atoms with Gasteiger partial charge in [-0.1, -0.05) is 0 Å². The summed E-state index contributed by atoms with van der Waals surface area (Å²) in [6, 6.07) is 3.81. The molecule has 1 aromatic rings. The van der Waals surface area contributed by atoms with Gasteiger partial charge >= 0.3 is 0 Å². The number of aryl methyl sites for hydroxylation is 1. The number of amides is 1. The van der Waals surface area contributed by atoms with Crippen LogP contribution in [-0.4, -0.2) is 34.6 Å². The van der Waals surface area contributed by atoms with E-state index in [0.29, 0.717) is 6.42 Å². The summed E-state index contributed by atoms with van der Waals surface area (Å²) in [5, 5.41) is 9.49. The van der Waals surface area contributed by atoms with Crippen molar-refractivity contribution in [2.24, 2.45) is 0 Å². The number of hydrogen-bond donors (Lipinski definition) is 1. The highest BCUT2D eigenvalue weighted by Crippen LogP contribution is 2.13. The van der Waals surface area contributed by atoms with Gasteiger partial charge in [0.1, 0.15) is 0 Å². The molecular formula is C12H20N2O2. The van der Waals surface area contributed by atoms with Crippen molar-refractivity contribution in [3.63, 3.8) is 0 Å². The Bertz CT molecular complexity index is 343. The van der Waals surface area contributed by atoms with E-state index in [9.17, 15) is 9.90 Å². The van der Waals surface area contributed by atoms with Gasteiger partial charge in [-0.3, -0.25) is 4.79 Å². The third kappa shape index (κ3) is 3.38. The van der Waals surface area contributed by atoms with E-state index in [2.05, 4.69) is 0 Å². The van der Waals surface area contributed by atoms with Crippen LogP contribution in [0.2, 0.25) is 0 Å². The van der Waals surface area contributed by atoms with Crippen LogP contribution in [0.25, 0.3) is 0 Å². The summed E-state index contributed by atoms with van der Waals surface area (Å²) >= 11 is 0. The van der Waals surface area contributed by atoms with Crippen molar-refractivity contribution in [3.8, 4) is 0 Å². The number of carbonyl (C=O) groups excluding carboxylic acids is 1. The van der Waals surface area contributed by atoms with E-state index in [-0.39, 0.29) is 5.91 Å². The minimum absolute atomic E-state index is 0.144. The maximum absolute atomic E-state index is 11.4.